The molecule has 0 atom stereocenters. The minimum Gasteiger partial charge on any atom is -0.507 e. The quantitative estimate of drug-likeness (QED) is 0.405. The van der Waals surface area contributed by atoms with Crippen molar-refractivity contribution in [2.24, 2.45) is 0 Å². The van der Waals surface area contributed by atoms with E-state index in [2.05, 4.69) is 0 Å². The van der Waals surface area contributed by atoms with Gasteiger partial charge >= 0.3 is 13.6 Å². The molecular weight excluding hydrogens is 371 g/mol. The SMILES string of the molecule is COc1c(C)c2c(c(O)c1CC=C(C)C=CCP(=O)(OC)OC)C(=O)OC2. The van der Waals surface area contributed by atoms with Crippen molar-refractivity contribution in [3.8, 4) is 11.5 Å². The van der Waals surface area contributed by atoms with Crippen molar-refractivity contribution < 1.29 is 33.0 Å². The van der Waals surface area contributed by atoms with Crippen molar-refractivity contribution in [3.05, 3.63) is 46.1 Å². The zero-order chi connectivity index (χ0) is 20.2. The molecule has 0 saturated carbocycles. The van der Waals surface area contributed by atoms with E-state index in [1.807, 2.05) is 19.9 Å². The maximum absolute atomic E-state index is 12.0. The molecule has 27 heavy (non-hydrogen) atoms. The number of allylic oxidation sites excluding steroid dienone is 4. The molecule has 2 rings (SSSR count). The summed E-state index contributed by atoms with van der Waals surface area (Å²) in [6.07, 6.45) is 5.90. The van der Waals surface area contributed by atoms with Gasteiger partial charge in [0.1, 0.15) is 23.7 Å². The summed E-state index contributed by atoms with van der Waals surface area (Å²) in [4.78, 5) is 11.9. The van der Waals surface area contributed by atoms with E-state index in [1.165, 1.54) is 21.3 Å². The van der Waals surface area contributed by atoms with Gasteiger partial charge in [0.15, 0.2) is 0 Å². The highest BCUT2D eigenvalue weighted by atomic mass is 31.2. The third-order valence-corrected chi connectivity index (χ3v) is 6.31. The molecule has 0 aromatic heterocycles. The van der Waals surface area contributed by atoms with Gasteiger partial charge in [-0.05, 0) is 25.8 Å². The molecule has 0 bridgehead atoms. The van der Waals surface area contributed by atoms with E-state index in [-0.39, 0.29) is 24.1 Å². The highest BCUT2D eigenvalue weighted by molar-refractivity contribution is 7.54. The Bertz CT molecular complexity index is 831. The molecule has 7 nitrogen and oxygen atoms in total. The molecule has 0 saturated heterocycles. The van der Waals surface area contributed by atoms with Gasteiger partial charge in [0.2, 0.25) is 0 Å². The second-order valence-corrected chi connectivity index (χ2v) is 8.45. The molecule has 0 fully saturated rings. The van der Waals surface area contributed by atoms with Crippen LogP contribution in [0.5, 0.6) is 11.5 Å². The smallest absolute Gasteiger partial charge is 0.342 e. The lowest BCUT2D eigenvalue weighted by Gasteiger charge is -2.15. The summed E-state index contributed by atoms with van der Waals surface area (Å²) in [5, 5.41) is 10.6. The minimum absolute atomic E-state index is 0.105. The van der Waals surface area contributed by atoms with Crippen molar-refractivity contribution in [1.29, 1.82) is 0 Å². The molecule has 1 aliphatic rings. The monoisotopic (exact) mass is 396 g/mol. The van der Waals surface area contributed by atoms with E-state index in [9.17, 15) is 14.5 Å². The molecule has 1 aromatic carbocycles. The van der Waals surface area contributed by atoms with Crippen molar-refractivity contribution in [2.75, 3.05) is 27.5 Å². The Hall–Kier alpha value is -2.08. The Morgan fingerprint density at radius 1 is 1.30 bits per heavy atom. The van der Waals surface area contributed by atoms with Crippen LogP contribution in [0.1, 0.15) is 34.0 Å². The van der Waals surface area contributed by atoms with Crippen LogP contribution >= 0.6 is 7.60 Å². The largest absolute Gasteiger partial charge is 0.507 e. The fourth-order valence-electron chi connectivity index (χ4n) is 2.95. The van der Waals surface area contributed by atoms with Crippen LogP contribution in [-0.4, -0.2) is 38.6 Å². The standard InChI is InChI=1S/C19H25O7P/c1-12(7-6-10-27(22,24-4)25-5)8-9-14-17(20)16-15(11-26-19(16)21)13(2)18(14)23-3/h6-8,20H,9-11H2,1-5H3. The van der Waals surface area contributed by atoms with Crippen LogP contribution < -0.4 is 4.74 Å². The Morgan fingerprint density at radius 2 is 1.96 bits per heavy atom. The molecule has 1 aromatic rings. The zero-order valence-electron chi connectivity index (χ0n) is 16.2. The minimum atomic E-state index is -3.08. The van der Waals surface area contributed by atoms with Crippen LogP contribution in [-0.2, 0) is 31.4 Å². The maximum Gasteiger partial charge on any atom is 0.342 e. The Labute approximate surface area is 159 Å². The molecule has 148 valence electrons. The number of fused-ring (bicyclic) bond motifs is 1. The number of phenolic OH excluding ortho intramolecular Hbond substituents is 1. The number of aromatic hydroxyl groups is 1. The van der Waals surface area contributed by atoms with Crippen molar-refractivity contribution in [2.45, 2.75) is 26.9 Å². The molecule has 0 radical (unpaired) electrons. The van der Waals surface area contributed by atoms with Crippen LogP contribution in [0.2, 0.25) is 0 Å². The summed E-state index contributed by atoms with van der Waals surface area (Å²) in [6, 6.07) is 0. The molecule has 0 spiro atoms. The van der Waals surface area contributed by atoms with Crippen molar-refractivity contribution in [3.63, 3.8) is 0 Å². The summed E-state index contributed by atoms with van der Waals surface area (Å²) in [6.45, 7) is 3.85. The third-order valence-electron chi connectivity index (χ3n) is 4.54. The normalized spacial score (nSPS) is 14.6. The third kappa shape index (κ3) is 4.43. The number of hydrogen-bond donors (Lipinski definition) is 1. The van der Waals surface area contributed by atoms with Gasteiger partial charge in [-0.2, -0.15) is 0 Å². The van der Waals surface area contributed by atoms with Gasteiger partial charge in [-0.15, -0.1) is 0 Å². The Kier molecular flexibility index (Phi) is 6.87. The van der Waals surface area contributed by atoms with Gasteiger partial charge in [0, 0.05) is 25.3 Å². The molecule has 0 amide bonds. The first-order valence-corrected chi connectivity index (χ1v) is 10.1. The number of esters is 1. The van der Waals surface area contributed by atoms with E-state index >= 15 is 0 Å². The molecule has 1 N–H and O–H groups in total. The number of benzene rings is 1. The fourth-order valence-corrected chi connectivity index (χ4v) is 3.76. The molecule has 0 aliphatic carbocycles. The summed E-state index contributed by atoms with van der Waals surface area (Å²) in [7, 11) is 1.13. The van der Waals surface area contributed by atoms with Gasteiger partial charge in [-0.1, -0.05) is 23.8 Å². The van der Waals surface area contributed by atoms with Crippen LogP contribution in [0.25, 0.3) is 0 Å². The number of rotatable bonds is 8. The van der Waals surface area contributed by atoms with Gasteiger partial charge in [0.05, 0.1) is 13.3 Å². The van der Waals surface area contributed by atoms with Crippen LogP contribution in [0.4, 0.5) is 0 Å². The fraction of sp³-hybridized carbons (Fsp3) is 0.421. The number of cyclic esters (lactones) is 1. The van der Waals surface area contributed by atoms with Crippen molar-refractivity contribution in [1.82, 2.24) is 0 Å². The highest BCUT2D eigenvalue weighted by Gasteiger charge is 2.31. The van der Waals surface area contributed by atoms with Crippen LogP contribution in [0, 0.1) is 6.92 Å². The first-order valence-electron chi connectivity index (χ1n) is 8.40. The second-order valence-electron chi connectivity index (χ2n) is 6.13. The Balaban J connectivity index is 2.26. The van der Waals surface area contributed by atoms with E-state index in [1.54, 1.807) is 12.2 Å². The van der Waals surface area contributed by atoms with Crippen LogP contribution in [0.3, 0.4) is 0 Å². The Morgan fingerprint density at radius 3 is 2.56 bits per heavy atom. The first kappa shape index (κ1) is 21.2. The molecule has 1 aliphatic heterocycles. The lowest BCUT2D eigenvalue weighted by molar-refractivity contribution is 0.0533. The molecule has 0 unspecified atom stereocenters. The van der Waals surface area contributed by atoms with Crippen LogP contribution in [0.15, 0.2) is 23.8 Å². The number of hydrogen-bond acceptors (Lipinski definition) is 7. The van der Waals surface area contributed by atoms with E-state index < -0.39 is 13.6 Å². The maximum atomic E-state index is 12.0. The summed E-state index contributed by atoms with van der Waals surface area (Å²) >= 11 is 0. The molecular formula is C19H25O7P. The van der Waals surface area contributed by atoms with Gasteiger partial charge in [-0.3, -0.25) is 4.57 Å². The average Bonchev–Trinajstić information content (AvgIpc) is 3.05. The average molecular weight is 396 g/mol. The number of ether oxygens (including phenoxy) is 2. The highest BCUT2D eigenvalue weighted by Crippen LogP contribution is 2.46. The lowest BCUT2D eigenvalue weighted by Crippen LogP contribution is -2.03. The molecule has 8 heteroatoms. The summed E-state index contributed by atoms with van der Waals surface area (Å²) in [5.41, 5.74) is 3.07. The predicted molar refractivity (Wildman–Crippen MR) is 102 cm³/mol. The number of carbonyl (C=O) groups is 1. The summed E-state index contributed by atoms with van der Waals surface area (Å²) in [5.74, 6) is -0.0860. The lowest BCUT2D eigenvalue weighted by atomic mass is 9.95. The topological polar surface area (TPSA) is 91.3 Å². The second kappa shape index (κ2) is 8.74. The van der Waals surface area contributed by atoms with E-state index in [0.29, 0.717) is 23.3 Å². The number of carbonyl (C=O) groups excluding carboxylic acids is 1. The van der Waals surface area contributed by atoms with Gasteiger partial charge in [0.25, 0.3) is 0 Å². The zero-order valence-corrected chi connectivity index (χ0v) is 17.1. The number of phenols is 1. The molecule has 1 heterocycles. The van der Waals surface area contributed by atoms with Crippen molar-refractivity contribution >= 4 is 13.6 Å². The first-order chi connectivity index (χ1) is 12.8. The van der Waals surface area contributed by atoms with Gasteiger partial charge in [-0.25, -0.2) is 4.79 Å². The van der Waals surface area contributed by atoms with E-state index in [0.717, 1.165) is 11.1 Å². The summed E-state index contributed by atoms with van der Waals surface area (Å²) < 4.78 is 32.3. The predicted octanol–water partition coefficient (Wildman–Crippen LogP) is 3.91. The number of methoxy groups -OCH3 is 1. The van der Waals surface area contributed by atoms with E-state index in [4.69, 9.17) is 18.5 Å². The van der Waals surface area contributed by atoms with Gasteiger partial charge < -0.3 is 23.6 Å².